The van der Waals surface area contributed by atoms with Gasteiger partial charge in [-0.25, -0.2) is 0 Å². The topological polar surface area (TPSA) is 29.1 Å². The van der Waals surface area contributed by atoms with Crippen molar-refractivity contribution in [2.75, 3.05) is 18.1 Å². The standard InChI is InChI=1S/C12H14INOS/c13-11-3-1-2-10(6-11)12(15)14-7-9-4-5-16-8-9/h1-3,6,9H,4-5,7-8H2,(H,14,15). The largest absolute Gasteiger partial charge is 0.352 e. The number of amides is 1. The molecular formula is C12H14INOS. The molecule has 1 atom stereocenters. The Hall–Kier alpha value is -0.230. The van der Waals surface area contributed by atoms with E-state index in [0.717, 1.165) is 15.7 Å². The minimum Gasteiger partial charge on any atom is -0.352 e. The first-order valence-corrected chi connectivity index (χ1v) is 7.60. The van der Waals surface area contributed by atoms with Gasteiger partial charge in [0.2, 0.25) is 0 Å². The Morgan fingerprint density at radius 2 is 2.44 bits per heavy atom. The summed E-state index contributed by atoms with van der Waals surface area (Å²) in [4.78, 5) is 11.8. The molecule has 1 N–H and O–H groups in total. The predicted molar refractivity (Wildman–Crippen MR) is 76.9 cm³/mol. The molecule has 4 heteroatoms. The Kier molecular flexibility index (Phi) is 4.52. The maximum Gasteiger partial charge on any atom is 0.251 e. The summed E-state index contributed by atoms with van der Waals surface area (Å²) >= 11 is 4.20. The highest BCUT2D eigenvalue weighted by molar-refractivity contribution is 14.1. The van der Waals surface area contributed by atoms with Crippen LogP contribution in [-0.4, -0.2) is 24.0 Å². The van der Waals surface area contributed by atoms with Crippen molar-refractivity contribution in [1.82, 2.24) is 5.32 Å². The number of hydrogen-bond acceptors (Lipinski definition) is 2. The Morgan fingerprint density at radius 3 is 3.12 bits per heavy atom. The molecule has 0 spiro atoms. The first kappa shape index (κ1) is 12.2. The predicted octanol–water partition coefficient (Wildman–Crippen LogP) is 2.77. The molecule has 1 aromatic rings. The molecule has 1 amide bonds. The second-order valence-electron chi connectivity index (χ2n) is 3.95. The van der Waals surface area contributed by atoms with Crippen molar-refractivity contribution in [3.8, 4) is 0 Å². The molecular weight excluding hydrogens is 333 g/mol. The molecule has 1 aliphatic heterocycles. The van der Waals surface area contributed by atoms with E-state index in [0.29, 0.717) is 5.92 Å². The third-order valence-electron chi connectivity index (χ3n) is 2.66. The Morgan fingerprint density at radius 1 is 1.56 bits per heavy atom. The Bertz CT molecular complexity index is 377. The minimum absolute atomic E-state index is 0.0513. The number of halogens is 1. The smallest absolute Gasteiger partial charge is 0.251 e. The van der Waals surface area contributed by atoms with E-state index in [-0.39, 0.29) is 5.91 Å². The number of rotatable bonds is 3. The quantitative estimate of drug-likeness (QED) is 0.852. The van der Waals surface area contributed by atoms with E-state index < -0.39 is 0 Å². The lowest BCUT2D eigenvalue weighted by Gasteiger charge is -2.10. The van der Waals surface area contributed by atoms with Gasteiger partial charge in [-0.1, -0.05) is 6.07 Å². The molecule has 0 radical (unpaired) electrons. The molecule has 1 heterocycles. The van der Waals surface area contributed by atoms with Crippen LogP contribution in [0.2, 0.25) is 0 Å². The number of carbonyl (C=O) groups excluding carboxylic acids is 1. The van der Waals surface area contributed by atoms with Crippen molar-refractivity contribution in [2.45, 2.75) is 6.42 Å². The average molecular weight is 347 g/mol. The zero-order valence-corrected chi connectivity index (χ0v) is 11.9. The summed E-state index contributed by atoms with van der Waals surface area (Å²) in [6.45, 7) is 0.817. The zero-order valence-electron chi connectivity index (χ0n) is 8.91. The van der Waals surface area contributed by atoms with E-state index in [4.69, 9.17) is 0 Å². The fraction of sp³-hybridized carbons (Fsp3) is 0.417. The molecule has 1 fully saturated rings. The van der Waals surface area contributed by atoms with Crippen LogP contribution in [-0.2, 0) is 0 Å². The van der Waals surface area contributed by atoms with Gasteiger partial charge in [-0.15, -0.1) is 0 Å². The normalized spacial score (nSPS) is 19.7. The molecule has 1 aliphatic rings. The third kappa shape index (κ3) is 3.38. The molecule has 1 unspecified atom stereocenters. The van der Waals surface area contributed by atoms with E-state index in [1.54, 1.807) is 0 Å². The molecule has 2 nitrogen and oxygen atoms in total. The first-order chi connectivity index (χ1) is 7.75. The molecule has 0 aromatic heterocycles. The van der Waals surface area contributed by atoms with Crippen LogP contribution in [0, 0.1) is 9.49 Å². The van der Waals surface area contributed by atoms with Gasteiger partial charge < -0.3 is 5.32 Å². The average Bonchev–Trinajstić information content (AvgIpc) is 2.78. The van der Waals surface area contributed by atoms with Crippen LogP contribution >= 0.6 is 34.4 Å². The van der Waals surface area contributed by atoms with E-state index in [1.807, 2.05) is 36.0 Å². The number of benzene rings is 1. The molecule has 1 aromatic carbocycles. The van der Waals surface area contributed by atoms with Crippen molar-refractivity contribution in [1.29, 1.82) is 0 Å². The molecule has 0 bridgehead atoms. The summed E-state index contributed by atoms with van der Waals surface area (Å²) in [5.74, 6) is 3.14. The van der Waals surface area contributed by atoms with E-state index in [9.17, 15) is 4.79 Å². The third-order valence-corrected chi connectivity index (χ3v) is 4.56. The lowest BCUT2D eigenvalue weighted by atomic mass is 10.1. The monoisotopic (exact) mass is 347 g/mol. The highest BCUT2D eigenvalue weighted by atomic mass is 127. The molecule has 86 valence electrons. The van der Waals surface area contributed by atoms with Crippen molar-refractivity contribution < 1.29 is 4.79 Å². The van der Waals surface area contributed by atoms with E-state index in [1.165, 1.54) is 17.9 Å². The second kappa shape index (κ2) is 5.91. The van der Waals surface area contributed by atoms with Gasteiger partial charge in [0.1, 0.15) is 0 Å². The lowest BCUT2D eigenvalue weighted by Crippen LogP contribution is -2.29. The zero-order chi connectivity index (χ0) is 11.4. The Labute approximate surface area is 114 Å². The van der Waals surface area contributed by atoms with Crippen molar-refractivity contribution in [3.63, 3.8) is 0 Å². The Balaban J connectivity index is 1.87. The number of carbonyl (C=O) groups is 1. The summed E-state index contributed by atoms with van der Waals surface area (Å²) in [7, 11) is 0. The maximum absolute atomic E-state index is 11.8. The summed E-state index contributed by atoms with van der Waals surface area (Å²) in [6, 6.07) is 7.69. The summed E-state index contributed by atoms with van der Waals surface area (Å²) in [5, 5.41) is 3.01. The molecule has 16 heavy (non-hydrogen) atoms. The van der Waals surface area contributed by atoms with E-state index in [2.05, 4.69) is 27.9 Å². The van der Waals surface area contributed by atoms with Crippen molar-refractivity contribution in [2.24, 2.45) is 5.92 Å². The van der Waals surface area contributed by atoms with Crippen LogP contribution in [0.1, 0.15) is 16.8 Å². The highest BCUT2D eigenvalue weighted by Crippen LogP contribution is 2.22. The maximum atomic E-state index is 11.8. The van der Waals surface area contributed by atoms with Crippen LogP contribution in [0.4, 0.5) is 0 Å². The number of nitrogens with one attached hydrogen (secondary N) is 1. The van der Waals surface area contributed by atoms with Crippen molar-refractivity contribution in [3.05, 3.63) is 33.4 Å². The molecule has 0 saturated carbocycles. The van der Waals surface area contributed by atoms with Crippen LogP contribution in [0.25, 0.3) is 0 Å². The molecule has 2 rings (SSSR count). The fourth-order valence-corrected chi connectivity index (χ4v) is 3.54. The molecule has 0 aliphatic carbocycles. The van der Waals surface area contributed by atoms with Gasteiger partial charge in [0, 0.05) is 15.7 Å². The number of thioether (sulfide) groups is 1. The SMILES string of the molecule is O=C(NCC1CCSC1)c1cccc(I)c1. The minimum atomic E-state index is 0.0513. The van der Waals surface area contributed by atoms with Gasteiger partial charge in [-0.3, -0.25) is 4.79 Å². The van der Waals surface area contributed by atoms with Gasteiger partial charge in [-0.05, 0) is 64.6 Å². The van der Waals surface area contributed by atoms with Gasteiger partial charge in [-0.2, -0.15) is 11.8 Å². The fourth-order valence-electron chi connectivity index (χ4n) is 1.71. The van der Waals surface area contributed by atoms with Crippen LogP contribution < -0.4 is 5.32 Å². The first-order valence-electron chi connectivity index (χ1n) is 5.37. The van der Waals surface area contributed by atoms with Gasteiger partial charge in [0.15, 0.2) is 0 Å². The van der Waals surface area contributed by atoms with E-state index >= 15 is 0 Å². The lowest BCUT2D eigenvalue weighted by molar-refractivity contribution is 0.0948. The number of hydrogen-bond donors (Lipinski definition) is 1. The highest BCUT2D eigenvalue weighted by Gasteiger charge is 2.16. The van der Waals surface area contributed by atoms with Crippen LogP contribution in [0.3, 0.4) is 0 Å². The molecule has 1 saturated heterocycles. The van der Waals surface area contributed by atoms with Gasteiger partial charge >= 0.3 is 0 Å². The summed E-state index contributed by atoms with van der Waals surface area (Å²) < 4.78 is 1.10. The van der Waals surface area contributed by atoms with Gasteiger partial charge in [0.05, 0.1) is 0 Å². The van der Waals surface area contributed by atoms with Crippen LogP contribution in [0.5, 0.6) is 0 Å². The second-order valence-corrected chi connectivity index (χ2v) is 6.35. The van der Waals surface area contributed by atoms with Gasteiger partial charge in [0.25, 0.3) is 5.91 Å². The van der Waals surface area contributed by atoms with Crippen LogP contribution in [0.15, 0.2) is 24.3 Å². The summed E-state index contributed by atoms with van der Waals surface area (Å²) in [5.41, 5.74) is 0.762. The summed E-state index contributed by atoms with van der Waals surface area (Å²) in [6.07, 6.45) is 1.23. The van der Waals surface area contributed by atoms with Crippen molar-refractivity contribution >= 4 is 40.3 Å².